The number of nitrogens with zero attached hydrogens (tertiary/aromatic N) is 4. The van der Waals surface area contributed by atoms with Gasteiger partial charge in [-0.1, -0.05) is 64.4 Å². The minimum Gasteiger partial charge on any atom is -0.346 e. The second kappa shape index (κ2) is 6.36. The third-order valence-electron chi connectivity index (χ3n) is 4.60. The van der Waals surface area contributed by atoms with E-state index >= 15 is 0 Å². The summed E-state index contributed by atoms with van der Waals surface area (Å²) < 4.78 is 2.97. The maximum Gasteiger partial charge on any atom is 0.243 e. The first kappa shape index (κ1) is 15.3. The third-order valence-corrected chi connectivity index (χ3v) is 5.12. The minimum atomic E-state index is 0.135. The number of aryl methyl sites for hydroxylation is 1. The molecular formula is C18H18BrN5. The molecule has 1 aliphatic heterocycles. The van der Waals surface area contributed by atoms with Gasteiger partial charge in [-0.05, 0) is 52.1 Å². The van der Waals surface area contributed by atoms with Crippen LogP contribution in [0.5, 0.6) is 0 Å². The highest BCUT2D eigenvalue weighted by atomic mass is 79.9. The molecule has 0 radical (unpaired) electrons. The lowest BCUT2D eigenvalue weighted by Crippen LogP contribution is -2.28. The van der Waals surface area contributed by atoms with Crippen LogP contribution < -0.4 is 5.32 Å². The number of fused-ring (bicyclic) bond motifs is 1. The van der Waals surface area contributed by atoms with Crippen molar-refractivity contribution in [3.8, 4) is 0 Å². The molecule has 5 nitrogen and oxygen atoms in total. The van der Waals surface area contributed by atoms with E-state index in [0.29, 0.717) is 0 Å². The second-order valence-corrected chi connectivity index (χ2v) is 6.96. The van der Waals surface area contributed by atoms with Gasteiger partial charge in [0.25, 0.3) is 0 Å². The predicted octanol–water partition coefficient (Wildman–Crippen LogP) is 4.14. The molecule has 0 spiro atoms. The Kier molecular flexibility index (Phi) is 4.06. The largest absolute Gasteiger partial charge is 0.346 e. The van der Waals surface area contributed by atoms with Crippen molar-refractivity contribution in [1.82, 2.24) is 20.2 Å². The summed E-state index contributed by atoms with van der Waals surface area (Å²) in [5, 5.41) is 15.6. The Labute approximate surface area is 149 Å². The lowest BCUT2D eigenvalue weighted by molar-refractivity contribution is 0.423. The third kappa shape index (κ3) is 2.82. The van der Waals surface area contributed by atoms with Crippen molar-refractivity contribution < 1.29 is 0 Å². The van der Waals surface area contributed by atoms with E-state index in [0.717, 1.165) is 23.3 Å². The highest BCUT2D eigenvalue weighted by molar-refractivity contribution is 9.10. The van der Waals surface area contributed by atoms with Crippen molar-refractivity contribution in [3.05, 3.63) is 69.7 Å². The Morgan fingerprint density at radius 1 is 1.08 bits per heavy atom. The number of tetrazole rings is 1. The van der Waals surface area contributed by atoms with Gasteiger partial charge in [0.2, 0.25) is 5.95 Å². The van der Waals surface area contributed by atoms with Crippen molar-refractivity contribution in [2.24, 2.45) is 0 Å². The zero-order valence-corrected chi connectivity index (χ0v) is 14.9. The molecule has 1 N–H and O–H groups in total. The Morgan fingerprint density at radius 3 is 2.50 bits per heavy atom. The molecule has 0 aliphatic carbocycles. The molecule has 0 amide bonds. The van der Waals surface area contributed by atoms with E-state index in [1.165, 1.54) is 16.7 Å². The summed E-state index contributed by atoms with van der Waals surface area (Å²) in [4.78, 5) is 0. The Bertz CT molecular complexity index is 825. The van der Waals surface area contributed by atoms with Crippen LogP contribution in [0.25, 0.3) is 0 Å². The summed E-state index contributed by atoms with van der Waals surface area (Å²) >= 11 is 3.49. The zero-order chi connectivity index (χ0) is 16.5. The molecule has 3 aromatic rings. The number of aromatic nitrogens is 4. The van der Waals surface area contributed by atoms with Crippen LogP contribution in [0.2, 0.25) is 0 Å². The topological polar surface area (TPSA) is 55.6 Å². The molecule has 0 unspecified atom stereocenters. The van der Waals surface area contributed by atoms with Crippen LogP contribution in [0, 0.1) is 0 Å². The van der Waals surface area contributed by atoms with Gasteiger partial charge >= 0.3 is 0 Å². The van der Waals surface area contributed by atoms with Gasteiger partial charge in [-0.3, -0.25) is 0 Å². The Morgan fingerprint density at radius 2 is 1.79 bits per heavy atom. The summed E-state index contributed by atoms with van der Waals surface area (Å²) in [6.45, 7) is 2.17. The first-order chi connectivity index (χ1) is 11.7. The van der Waals surface area contributed by atoms with Crippen LogP contribution in [-0.2, 0) is 6.42 Å². The molecule has 2 aromatic carbocycles. The zero-order valence-electron chi connectivity index (χ0n) is 13.4. The van der Waals surface area contributed by atoms with Gasteiger partial charge in [0, 0.05) is 4.47 Å². The van der Waals surface area contributed by atoms with E-state index in [1.807, 2.05) is 4.68 Å². The molecule has 122 valence electrons. The first-order valence-electron chi connectivity index (χ1n) is 8.13. The molecule has 0 bridgehead atoms. The number of benzene rings is 2. The molecule has 6 heteroatoms. The Balaban J connectivity index is 1.69. The van der Waals surface area contributed by atoms with Gasteiger partial charge in [-0.25, -0.2) is 4.68 Å². The average molecular weight is 384 g/mol. The Hall–Kier alpha value is -2.21. The lowest BCUT2D eigenvalue weighted by Gasteiger charge is -2.31. The van der Waals surface area contributed by atoms with Crippen molar-refractivity contribution in [2.45, 2.75) is 31.8 Å². The number of nitrogens with one attached hydrogen (secondary N) is 1. The standard InChI is InChI=1S/C18H18BrN5/c1-2-12-3-5-14(6-4-12)17-11-16(13-7-9-15(19)10-8-13)20-18-21-22-23-24(17)18/h3-10,16-17H,2,11H2,1H3,(H,20,21,23)/t16-,17+/m0/s1. The van der Waals surface area contributed by atoms with E-state index in [1.54, 1.807) is 0 Å². The predicted molar refractivity (Wildman–Crippen MR) is 96.9 cm³/mol. The highest BCUT2D eigenvalue weighted by Crippen LogP contribution is 2.37. The monoisotopic (exact) mass is 383 g/mol. The van der Waals surface area contributed by atoms with Crippen molar-refractivity contribution >= 4 is 21.9 Å². The normalized spacial score (nSPS) is 19.6. The molecule has 2 heterocycles. The van der Waals surface area contributed by atoms with Gasteiger partial charge in [-0.15, -0.1) is 0 Å². The fourth-order valence-electron chi connectivity index (χ4n) is 3.20. The van der Waals surface area contributed by atoms with Crippen molar-refractivity contribution in [1.29, 1.82) is 0 Å². The van der Waals surface area contributed by atoms with Crippen molar-refractivity contribution in [2.75, 3.05) is 5.32 Å². The maximum absolute atomic E-state index is 4.18. The number of rotatable bonds is 3. The number of anilines is 1. The van der Waals surface area contributed by atoms with E-state index in [9.17, 15) is 0 Å². The highest BCUT2D eigenvalue weighted by Gasteiger charge is 2.30. The van der Waals surface area contributed by atoms with E-state index in [2.05, 4.69) is 92.2 Å². The number of hydrogen-bond acceptors (Lipinski definition) is 4. The van der Waals surface area contributed by atoms with Crippen LogP contribution in [-0.4, -0.2) is 20.2 Å². The number of hydrogen-bond donors (Lipinski definition) is 1. The van der Waals surface area contributed by atoms with Crippen LogP contribution in [0.15, 0.2) is 53.0 Å². The van der Waals surface area contributed by atoms with E-state index in [4.69, 9.17) is 0 Å². The summed E-state index contributed by atoms with van der Waals surface area (Å²) in [7, 11) is 0. The SMILES string of the molecule is CCc1ccc([C@H]2C[C@@H](c3ccc(Br)cc3)Nc3nnnn32)cc1. The van der Waals surface area contributed by atoms with E-state index in [-0.39, 0.29) is 12.1 Å². The molecule has 2 atom stereocenters. The van der Waals surface area contributed by atoms with Crippen LogP contribution in [0.1, 0.15) is 42.1 Å². The number of halogens is 1. The van der Waals surface area contributed by atoms with Gasteiger partial charge in [-0.2, -0.15) is 0 Å². The minimum absolute atomic E-state index is 0.135. The molecule has 24 heavy (non-hydrogen) atoms. The van der Waals surface area contributed by atoms with E-state index < -0.39 is 0 Å². The van der Waals surface area contributed by atoms with Crippen LogP contribution in [0.3, 0.4) is 0 Å². The van der Waals surface area contributed by atoms with Gasteiger partial charge in [0.05, 0.1) is 12.1 Å². The molecule has 4 rings (SSSR count). The van der Waals surface area contributed by atoms with Gasteiger partial charge in [0.1, 0.15) is 0 Å². The summed E-state index contributed by atoms with van der Waals surface area (Å²) in [6, 6.07) is 17.5. The molecule has 0 saturated heterocycles. The smallest absolute Gasteiger partial charge is 0.243 e. The lowest BCUT2D eigenvalue weighted by atomic mass is 9.93. The summed E-state index contributed by atoms with van der Waals surface area (Å²) in [6.07, 6.45) is 1.95. The maximum atomic E-state index is 4.18. The van der Waals surface area contributed by atoms with Gasteiger partial charge in [0.15, 0.2) is 0 Å². The summed E-state index contributed by atoms with van der Waals surface area (Å²) in [5.41, 5.74) is 3.82. The van der Waals surface area contributed by atoms with Crippen LogP contribution in [0.4, 0.5) is 5.95 Å². The van der Waals surface area contributed by atoms with Crippen molar-refractivity contribution in [3.63, 3.8) is 0 Å². The second-order valence-electron chi connectivity index (χ2n) is 6.04. The fraction of sp³-hybridized carbons (Fsp3) is 0.278. The molecular weight excluding hydrogens is 366 g/mol. The van der Waals surface area contributed by atoms with Gasteiger partial charge < -0.3 is 5.32 Å². The molecule has 0 saturated carbocycles. The summed E-state index contributed by atoms with van der Waals surface area (Å²) in [5.74, 6) is 0.721. The quantitative estimate of drug-likeness (QED) is 0.737. The molecule has 0 fully saturated rings. The average Bonchev–Trinajstić information content (AvgIpc) is 3.10. The first-order valence-corrected chi connectivity index (χ1v) is 8.92. The molecule has 1 aromatic heterocycles. The van der Waals surface area contributed by atoms with Crippen LogP contribution >= 0.6 is 15.9 Å². The fourth-order valence-corrected chi connectivity index (χ4v) is 3.47. The molecule has 1 aliphatic rings.